The third kappa shape index (κ3) is 5.99. The lowest BCUT2D eigenvalue weighted by Gasteiger charge is -2.11. The van der Waals surface area contributed by atoms with Crippen LogP contribution in [0.2, 0.25) is 5.02 Å². The molecule has 0 aliphatic carbocycles. The Bertz CT molecular complexity index is 1160. The van der Waals surface area contributed by atoms with Crippen molar-refractivity contribution < 1.29 is 9.26 Å². The Morgan fingerprint density at radius 3 is 2.56 bits per heavy atom. The number of nitrogens with zero attached hydrogens (tertiary/aromatic N) is 4. The Labute approximate surface area is 206 Å². The van der Waals surface area contributed by atoms with Gasteiger partial charge in [-0.25, -0.2) is 9.78 Å². The summed E-state index contributed by atoms with van der Waals surface area (Å²) in [4.78, 5) is 31.0. The van der Waals surface area contributed by atoms with Crippen LogP contribution in [-0.4, -0.2) is 38.5 Å². The predicted octanol–water partition coefficient (Wildman–Crippen LogP) is 3.92. The van der Waals surface area contributed by atoms with Gasteiger partial charge in [-0.2, -0.15) is 0 Å². The summed E-state index contributed by atoms with van der Waals surface area (Å²) in [6.45, 7) is 4.84. The van der Waals surface area contributed by atoms with Gasteiger partial charge >= 0.3 is 5.69 Å². The van der Waals surface area contributed by atoms with E-state index in [1.807, 2.05) is 35.8 Å². The van der Waals surface area contributed by atoms with E-state index in [-0.39, 0.29) is 11.2 Å². The Kier molecular flexibility index (Phi) is 9.73. The van der Waals surface area contributed by atoms with E-state index in [9.17, 15) is 9.59 Å². The molecular formula is C21H27ClIN4O4P. The molecule has 0 saturated heterocycles. The summed E-state index contributed by atoms with van der Waals surface area (Å²) in [5.74, 6) is 0.758. The maximum atomic E-state index is 13.4. The summed E-state index contributed by atoms with van der Waals surface area (Å²) < 4.78 is 15.5. The Balaban J connectivity index is 2.07. The fourth-order valence-electron chi connectivity index (χ4n) is 3.56. The van der Waals surface area contributed by atoms with Crippen LogP contribution in [0.25, 0.3) is 11.2 Å². The molecule has 0 saturated carbocycles. The van der Waals surface area contributed by atoms with Crippen molar-refractivity contribution in [1.82, 2.24) is 18.7 Å². The molecule has 0 fully saturated rings. The van der Waals surface area contributed by atoms with Gasteiger partial charge in [0.25, 0.3) is 5.56 Å². The standard InChI is InChI=1S/C21H27ClIN4O4P/c1-3-30-12-4-6-17-24-19-18(27(17)14-15-7-9-16(22)10-8-15)20(28)26(21(29)25(19)2)11-5-13-31-32-23/h7-10,32H,3-6,11-14H2,1-2H3. The first-order valence-electron chi connectivity index (χ1n) is 10.5. The van der Waals surface area contributed by atoms with Crippen molar-refractivity contribution in [2.45, 2.75) is 39.3 Å². The molecule has 0 radical (unpaired) electrons. The Hall–Kier alpha value is -1.26. The molecule has 2 aromatic heterocycles. The summed E-state index contributed by atoms with van der Waals surface area (Å²) in [7, 11) is 1.66. The zero-order valence-corrected chi connectivity index (χ0v) is 22.1. The number of hydrogen-bond acceptors (Lipinski definition) is 5. The van der Waals surface area contributed by atoms with Gasteiger partial charge in [0.2, 0.25) is 0 Å². The molecule has 0 spiro atoms. The quantitative estimate of drug-likeness (QED) is 0.181. The summed E-state index contributed by atoms with van der Waals surface area (Å²) in [5.41, 5.74) is 1.15. The zero-order chi connectivity index (χ0) is 23.1. The van der Waals surface area contributed by atoms with Gasteiger partial charge in [0.1, 0.15) is 5.82 Å². The number of halogens is 2. The summed E-state index contributed by atoms with van der Waals surface area (Å²) >= 11 is 8.19. The van der Waals surface area contributed by atoms with Gasteiger partial charge in [-0.05, 0) is 59.5 Å². The van der Waals surface area contributed by atoms with E-state index >= 15 is 0 Å². The molecule has 0 aliphatic rings. The largest absolute Gasteiger partial charge is 0.382 e. The van der Waals surface area contributed by atoms with Crippen LogP contribution in [-0.2, 0) is 35.8 Å². The minimum atomic E-state index is -0.364. The average molecular weight is 593 g/mol. The van der Waals surface area contributed by atoms with Crippen molar-refractivity contribution in [2.24, 2.45) is 7.05 Å². The van der Waals surface area contributed by atoms with Crippen molar-refractivity contribution in [3.05, 3.63) is 61.5 Å². The molecule has 11 heteroatoms. The highest BCUT2D eigenvalue weighted by Gasteiger charge is 2.20. The second kappa shape index (κ2) is 12.3. The van der Waals surface area contributed by atoms with E-state index in [0.29, 0.717) is 68.4 Å². The van der Waals surface area contributed by atoms with E-state index in [2.05, 4.69) is 22.0 Å². The van der Waals surface area contributed by atoms with Crippen LogP contribution in [0.1, 0.15) is 31.2 Å². The number of aryl methyl sites for hydroxylation is 2. The van der Waals surface area contributed by atoms with Crippen molar-refractivity contribution in [2.75, 3.05) is 19.8 Å². The van der Waals surface area contributed by atoms with Gasteiger partial charge in [-0.3, -0.25) is 13.9 Å². The summed E-state index contributed by atoms with van der Waals surface area (Å²) in [5, 5.41) is 0.653. The number of aromatic nitrogens is 4. The fraction of sp³-hybridized carbons (Fsp3) is 0.476. The van der Waals surface area contributed by atoms with E-state index in [4.69, 9.17) is 25.8 Å². The lowest BCUT2D eigenvalue weighted by Crippen LogP contribution is -2.40. The van der Waals surface area contributed by atoms with Crippen molar-refractivity contribution >= 4 is 51.3 Å². The van der Waals surface area contributed by atoms with E-state index in [1.165, 1.54) is 9.13 Å². The van der Waals surface area contributed by atoms with E-state index in [1.54, 1.807) is 7.05 Å². The lowest BCUT2D eigenvalue weighted by atomic mass is 10.2. The van der Waals surface area contributed by atoms with Crippen LogP contribution in [0.15, 0.2) is 33.9 Å². The molecule has 32 heavy (non-hydrogen) atoms. The van der Waals surface area contributed by atoms with Gasteiger partial charge in [0.15, 0.2) is 11.2 Å². The molecule has 0 bridgehead atoms. The number of ether oxygens (including phenoxy) is 1. The molecule has 1 unspecified atom stereocenters. The van der Waals surface area contributed by atoms with Crippen LogP contribution in [0, 0.1) is 0 Å². The molecule has 1 atom stereocenters. The fourth-order valence-corrected chi connectivity index (χ4v) is 4.57. The molecule has 3 rings (SSSR count). The van der Waals surface area contributed by atoms with Crippen molar-refractivity contribution in [3.63, 3.8) is 0 Å². The number of benzene rings is 1. The SMILES string of the molecule is CCOCCCc1nc2c(c(=O)n(CCCOPI)c(=O)n2C)n1Cc1ccc(Cl)cc1. The Morgan fingerprint density at radius 1 is 1.12 bits per heavy atom. The summed E-state index contributed by atoms with van der Waals surface area (Å²) in [6.07, 6.45) is 2.00. The average Bonchev–Trinajstić information content (AvgIpc) is 3.14. The maximum absolute atomic E-state index is 13.4. The van der Waals surface area contributed by atoms with E-state index in [0.717, 1.165) is 17.8 Å². The van der Waals surface area contributed by atoms with Crippen LogP contribution in [0.4, 0.5) is 0 Å². The number of fused-ring (bicyclic) bond motifs is 1. The van der Waals surface area contributed by atoms with Gasteiger partial charge in [0.05, 0.1) is 13.1 Å². The molecule has 2 heterocycles. The molecule has 174 valence electrons. The first-order valence-corrected chi connectivity index (χ1v) is 14.9. The molecule has 0 amide bonds. The molecular weight excluding hydrogens is 566 g/mol. The molecule has 0 aliphatic heterocycles. The normalized spacial score (nSPS) is 11.9. The minimum absolute atomic E-state index is 0.300. The zero-order valence-electron chi connectivity index (χ0n) is 18.1. The van der Waals surface area contributed by atoms with Gasteiger partial charge in [-0.1, -0.05) is 23.7 Å². The molecule has 8 nitrogen and oxygen atoms in total. The van der Waals surface area contributed by atoms with E-state index < -0.39 is 0 Å². The first-order chi connectivity index (χ1) is 15.5. The highest BCUT2D eigenvalue weighted by molar-refractivity contribution is 14.2. The molecule has 3 aromatic rings. The van der Waals surface area contributed by atoms with Crippen LogP contribution >= 0.6 is 40.1 Å². The molecule has 1 aromatic carbocycles. The number of hydrogen-bond donors (Lipinski definition) is 0. The predicted molar refractivity (Wildman–Crippen MR) is 138 cm³/mol. The lowest BCUT2D eigenvalue weighted by molar-refractivity contribution is 0.144. The molecule has 0 N–H and O–H groups in total. The van der Waals surface area contributed by atoms with Gasteiger partial charge < -0.3 is 13.8 Å². The second-order valence-corrected chi connectivity index (χ2v) is 9.49. The maximum Gasteiger partial charge on any atom is 0.332 e. The van der Waals surface area contributed by atoms with Crippen LogP contribution < -0.4 is 11.2 Å². The van der Waals surface area contributed by atoms with Crippen LogP contribution in [0.5, 0.6) is 0 Å². The van der Waals surface area contributed by atoms with Crippen molar-refractivity contribution in [3.8, 4) is 0 Å². The highest BCUT2D eigenvalue weighted by atomic mass is 127. The number of imidazole rings is 1. The van der Waals surface area contributed by atoms with Crippen molar-refractivity contribution in [1.29, 1.82) is 0 Å². The Morgan fingerprint density at radius 2 is 1.88 bits per heavy atom. The summed E-state index contributed by atoms with van der Waals surface area (Å²) in [6, 6.07) is 7.51. The van der Waals surface area contributed by atoms with Crippen LogP contribution in [0.3, 0.4) is 0 Å². The third-order valence-electron chi connectivity index (χ3n) is 5.14. The smallest absolute Gasteiger partial charge is 0.332 e. The highest BCUT2D eigenvalue weighted by Crippen LogP contribution is 2.21. The second-order valence-electron chi connectivity index (χ2n) is 7.29. The van der Waals surface area contributed by atoms with Gasteiger partial charge in [-0.15, -0.1) is 0 Å². The topological polar surface area (TPSA) is 80.3 Å². The third-order valence-corrected chi connectivity index (χ3v) is 6.64. The number of rotatable bonds is 12. The first kappa shape index (κ1) is 25.4. The minimum Gasteiger partial charge on any atom is -0.382 e. The monoisotopic (exact) mass is 592 g/mol. The van der Waals surface area contributed by atoms with Gasteiger partial charge in [0, 0.05) is 44.8 Å².